The van der Waals surface area contributed by atoms with Gasteiger partial charge in [-0.3, -0.25) is 0 Å². The Labute approximate surface area is 108 Å². The highest BCUT2D eigenvalue weighted by molar-refractivity contribution is 6.32. The first kappa shape index (κ1) is 16.1. The minimum absolute atomic E-state index is 0. The molecule has 96 valence electrons. The summed E-state index contributed by atoms with van der Waals surface area (Å²) in [5, 5.41) is -0.146. The van der Waals surface area contributed by atoms with Crippen LogP contribution in [0.5, 0.6) is 5.75 Å². The molecule has 0 bridgehead atoms. The van der Waals surface area contributed by atoms with Crippen LogP contribution in [-0.4, -0.2) is 6.36 Å². The van der Waals surface area contributed by atoms with Gasteiger partial charge in [0.05, 0.1) is 5.02 Å². The molecule has 0 unspecified atom stereocenters. The largest absolute Gasteiger partial charge is 0.573 e. The van der Waals surface area contributed by atoms with Crippen LogP contribution in [0.25, 0.3) is 0 Å². The van der Waals surface area contributed by atoms with E-state index in [1.807, 2.05) is 0 Å². The van der Waals surface area contributed by atoms with Gasteiger partial charge in [0.1, 0.15) is 5.75 Å². The summed E-state index contributed by atoms with van der Waals surface area (Å²) in [5.74, 6) is -0.450. The van der Waals surface area contributed by atoms with Gasteiger partial charge in [0, 0.05) is 6.04 Å². The van der Waals surface area contributed by atoms with Gasteiger partial charge >= 0.3 is 6.36 Å². The molecule has 7 heteroatoms. The quantitative estimate of drug-likeness (QED) is 0.857. The van der Waals surface area contributed by atoms with E-state index in [0.717, 1.165) is 6.07 Å². The minimum Gasteiger partial charge on any atom is -0.404 e. The lowest BCUT2D eigenvalue weighted by molar-refractivity contribution is -0.274. The molecule has 2 N–H and O–H groups in total. The van der Waals surface area contributed by atoms with Crippen LogP contribution in [0, 0.1) is 0 Å². The zero-order valence-electron chi connectivity index (χ0n) is 8.50. The first-order valence-electron chi connectivity index (χ1n) is 4.27. The van der Waals surface area contributed by atoms with Crippen molar-refractivity contribution in [3.05, 3.63) is 41.4 Å². The molecule has 0 saturated carbocycles. The third-order valence-corrected chi connectivity index (χ3v) is 2.12. The second-order valence-corrected chi connectivity index (χ2v) is 3.41. The molecule has 0 heterocycles. The van der Waals surface area contributed by atoms with Crippen molar-refractivity contribution in [3.8, 4) is 5.75 Å². The summed E-state index contributed by atoms with van der Waals surface area (Å²) in [6.45, 7) is 3.47. The maximum atomic E-state index is 11.9. The van der Waals surface area contributed by atoms with Gasteiger partial charge < -0.3 is 10.5 Å². The summed E-state index contributed by atoms with van der Waals surface area (Å²) in [6.07, 6.45) is -3.30. The van der Waals surface area contributed by atoms with Gasteiger partial charge in [-0.2, -0.15) is 0 Å². The molecule has 2 nitrogen and oxygen atoms in total. The van der Waals surface area contributed by atoms with E-state index in [4.69, 9.17) is 17.3 Å². The average molecular weight is 288 g/mol. The zero-order valence-corrected chi connectivity index (χ0v) is 10.1. The lowest BCUT2D eigenvalue weighted by Gasteiger charge is -2.12. The second kappa shape index (κ2) is 6.14. The smallest absolute Gasteiger partial charge is 0.404 e. The molecule has 0 spiro atoms. The van der Waals surface area contributed by atoms with Crippen LogP contribution in [0.2, 0.25) is 5.02 Å². The van der Waals surface area contributed by atoms with E-state index in [-0.39, 0.29) is 17.4 Å². The Balaban J connectivity index is 0.00000256. The van der Waals surface area contributed by atoms with Crippen LogP contribution in [0.15, 0.2) is 30.9 Å². The fraction of sp³-hybridized carbons (Fsp3) is 0.200. The van der Waals surface area contributed by atoms with E-state index in [1.54, 1.807) is 0 Å². The lowest BCUT2D eigenvalue weighted by atomic mass is 10.1. The standard InChI is InChI=1S/C10H9ClF3NO.ClH/c1-2-8(15)6-3-4-9(7(11)5-6)16-10(12,13)14;/h2-5,8H,1,15H2;1H/t8-;/m0./s1. The normalized spacial score (nSPS) is 12.5. The van der Waals surface area contributed by atoms with E-state index >= 15 is 0 Å². The second-order valence-electron chi connectivity index (χ2n) is 3.00. The summed E-state index contributed by atoms with van der Waals surface area (Å²) in [7, 11) is 0. The van der Waals surface area contributed by atoms with Crippen molar-refractivity contribution >= 4 is 24.0 Å². The zero-order chi connectivity index (χ0) is 12.3. The summed E-state index contributed by atoms with van der Waals surface area (Å²) in [6, 6.07) is 3.36. The average Bonchev–Trinajstić information content (AvgIpc) is 2.18. The monoisotopic (exact) mass is 287 g/mol. The molecule has 1 atom stereocenters. The molecule has 0 saturated heterocycles. The predicted octanol–water partition coefficient (Wildman–Crippen LogP) is 3.85. The molecule has 0 fully saturated rings. The Morgan fingerprint density at radius 2 is 2.00 bits per heavy atom. The number of halogens is 5. The molecule has 17 heavy (non-hydrogen) atoms. The Morgan fingerprint density at radius 3 is 2.41 bits per heavy atom. The van der Waals surface area contributed by atoms with Crippen molar-refractivity contribution in [2.24, 2.45) is 5.73 Å². The predicted molar refractivity (Wildman–Crippen MR) is 62.5 cm³/mol. The van der Waals surface area contributed by atoms with Gasteiger partial charge in [-0.25, -0.2) is 0 Å². The van der Waals surface area contributed by atoms with Crippen molar-refractivity contribution < 1.29 is 17.9 Å². The molecule has 0 aliphatic rings. The van der Waals surface area contributed by atoms with E-state index in [0.29, 0.717) is 5.56 Å². The van der Waals surface area contributed by atoms with E-state index in [1.165, 1.54) is 18.2 Å². The number of ether oxygens (including phenoxy) is 1. The summed E-state index contributed by atoms with van der Waals surface area (Å²) in [4.78, 5) is 0. The van der Waals surface area contributed by atoms with Gasteiger partial charge in [0.2, 0.25) is 0 Å². The Morgan fingerprint density at radius 1 is 1.41 bits per heavy atom. The maximum absolute atomic E-state index is 11.9. The van der Waals surface area contributed by atoms with Gasteiger partial charge in [0.25, 0.3) is 0 Å². The number of nitrogens with two attached hydrogens (primary N) is 1. The Kier molecular flexibility index (Phi) is 5.81. The number of rotatable bonds is 3. The van der Waals surface area contributed by atoms with Crippen molar-refractivity contribution in [1.29, 1.82) is 0 Å². The van der Waals surface area contributed by atoms with Crippen LogP contribution in [0.3, 0.4) is 0 Å². The first-order chi connectivity index (χ1) is 7.33. The highest BCUT2D eigenvalue weighted by Gasteiger charge is 2.32. The van der Waals surface area contributed by atoms with Crippen LogP contribution in [0.4, 0.5) is 13.2 Å². The summed E-state index contributed by atoms with van der Waals surface area (Å²) < 4.78 is 39.5. The van der Waals surface area contributed by atoms with Gasteiger partial charge in [-0.15, -0.1) is 32.2 Å². The first-order valence-corrected chi connectivity index (χ1v) is 4.64. The highest BCUT2D eigenvalue weighted by Crippen LogP contribution is 2.31. The molecular weight excluding hydrogens is 278 g/mol. The molecule has 0 aromatic heterocycles. The van der Waals surface area contributed by atoms with E-state index in [2.05, 4.69) is 11.3 Å². The molecule has 1 aromatic carbocycles. The molecule has 0 radical (unpaired) electrons. The number of alkyl halides is 3. The summed E-state index contributed by atoms with van der Waals surface area (Å²) >= 11 is 5.62. The molecule has 0 aliphatic carbocycles. The minimum atomic E-state index is -4.76. The fourth-order valence-corrected chi connectivity index (χ4v) is 1.30. The van der Waals surface area contributed by atoms with Gasteiger partial charge in [0.15, 0.2) is 0 Å². The number of hydrogen-bond donors (Lipinski definition) is 1. The summed E-state index contributed by atoms with van der Waals surface area (Å²) in [5.41, 5.74) is 6.17. The maximum Gasteiger partial charge on any atom is 0.573 e. The number of hydrogen-bond acceptors (Lipinski definition) is 2. The van der Waals surface area contributed by atoms with Crippen molar-refractivity contribution in [3.63, 3.8) is 0 Å². The highest BCUT2D eigenvalue weighted by atomic mass is 35.5. The number of benzene rings is 1. The van der Waals surface area contributed by atoms with Crippen LogP contribution >= 0.6 is 24.0 Å². The molecular formula is C10H10Cl2F3NO. The van der Waals surface area contributed by atoms with Crippen LogP contribution in [0.1, 0.15) is 11.6 Å². The van der Waals surface area contributed by atoms with Crippen LogP contribution in [-0.2, 0) is 0 Å². The molecule has 0 amide bonds. The van der Waals surface area contributed by atoms with E-state index in [9.17, 15) is 13.2 Å². The van der Waals surface area contributed by atoms with Crippen molar-refractivity contribution in [2.45, 2.75) is 12.4 Å². The Hall–Kier alpha value is -0.910. The molecule has 0 aliphatic heterocycles. The van der Waals surface area contributed by atoms with E-state index < -0.39 is 18.2 Å². The van der Waals surface area contributed by atoms with Gasteiger partial charge in [-0.1, -0.05) is 23.7 Å². The van der Waals surface area contributed by atoms with Crippen molar-refractivity contribution in [1.82, 2.24) is 0 Å². The van der Waals surface area contributed by atoms with Crippen molar-refractivity contribution in [2.75, 3.05) is 0 Å². The SMILES string of the molecule is C=C[C@H](N)c1ccc(OC(F)(F)F)c(Cl)c1.Cl. The van der Waals surface area contributed by atoms with Gasteiger partial charge in [-0.05, 0) is 17.7 Å². The van der Waals surface area contributed by atoms with Crippen LogP contribution < -0.4 is 10.5 Å². The fourth-order valence-electron chi connectivity index (χ4n) is 1.07. The third-order valence-electron chi connectivity index (χ3n) is 1.82. The third kappa shape index (κ3) is 4.85. The topological polar surface area (TPSA) is 35.2 Å². The Bertz CT molecular complexity index is 396. The lowest BCUT2D eigenvalue weighted by Crippen LogP contribution is -2.17. The molecule has 1 rings (SSSR count). The molecule has 1 aromatic rings.